The Labute approximate surface area is 148 Å². The van der Waals surface area contributed by atoms with E-state index < -0.39 is 34.2 Å². The molecule has 0 aliphatic rings. The quantitative estimate of drug-likeness (QED) is 0.578. The lowest BCUT2D eigenvalue weighted by molar-refractivity contribution is -0.149. The third kappa shape index (κ3) is 5.02. The van der Waals surface area contributed by atoms with Gasteiger partial charge in [0.05, 0.1) is 10.4 Å². The Hall–Kier alpha value is -0.420. The van der Waals surface area contributed by atoms with E-state index >= 15 is 0 Å². The fraction of sp³-hybridized carbons (Fsp3) is 0.583. The van der Waals surface area contributed by atoms with Gasteiger partial charge in [-0.15, -0.1) is 11.3 Å². The van der Waals surface area contributed by atoms with Gasteiger partial charge in [-0.2, -0.15) is 0 Å². The second-order valence-electron chi connectivity index (χ2n) is 4.87. The van der Waals surface area contributed by atoms with E-state index in [4.69, 9.17) is 33.7 Å². The molecular weight excluding hydrogens is 387 g/mol. The molecule has 0 fully saturated rings. The minimum atomic E-state index is -4.05. The number of aliphatic carboxylic acids is 1. The van der Waals surface area contributed by atoms with Crippen LogP contribution >= 0.6 is 34.5 Å². The zero-order chi connectivity index (χ0) is 17.8. The SMILES string of the molecule is CCCOC(C)C(N)(CNS(=O)(=O)c1cc(Cl)sc1Cl)C(=O)O. The number of nitrogens with two attached hydrogens (primary N) is 1. The van der Waals surface area contributed by atoms with Crippen LogP contribution in [0.3, 0.4) is 0 Å². The first kappa shape index (κ1) is 20.6. The largest absolute Gasteiger partial charge is 0.480 e. The van der Waals surface area contributed by atoms with E-state index in [0.29, 0.717) is 13.0 Å². The summed E-state index contributed by atoms with van der Waals surface area (Å²) in [7, 11) is -4.05. The van der Waals surface area contributed by atoms with E-state index in [0.717, 1.165) is 11.3 Å². The number of nitrogens with one attached hydrogen (secondary N) is 1. The summed E-state index contributed by atoms with van der Waals surface area (Å²) in [6.07, 6.45) is -0.224. The number of rotatable bonds is 9. The second-order valence-corrected chi connectivity index (χ2v) is 8.89. The third-order valence-electron chi connectivity index (χ3n) is 3.17. The lowest BCUT2D eigenvalue weighted by Crippen LogP contribution is -2.63. The van der Waals surface area contributed by atoms with Crippen LogP contribution < -0.4 is 10.5 Å². The molecule has 1 rings (SSSR count). The lowest BCUT2D eigenvalue weighted by atomic mass is 9.95. The Morgan fingerprint density at radius 1 is 1.57 bits per heavy atom. The lowest BCUT2D eigenvalue weighted by Gasteiger charge is -2.31. The van der Waals surface area contributed by atoms with Gasteiger partial charge in [-0.3, -0.25) is 4.79 Å². The molecule has 0 saturated carbocycles. The van der Waals surface area contributed by atoms with E-state index in [-0.39, 0.29) is 13.6 Å². The normalized spacial score (nSPS) is 16.0. The zero-order valence-corrected chi connectivity index (χ0v) is 15.7. The molecule has 11 heteroatoms. The smallest absolute Gasteiger partial charge is 0.327 e. The van der Waals surface area contributed by atoms with Crippen molar-refractivity contribution in [3.05, 3.63) is 14.7 Å². The van der Waals surface area contributed by atoms with Crippen LogP contribution in [0.5, 0.6) is 0 Å². The first-order valence-electron chi connectivity index (χ1n) is 6.63. The van der Waals surface area contributed by atoms with Crippen LogP contribution in [0, 0.1) is 0 Å². The molecule has 1 aromatic rings. The van der Waals surface area contributed by atoms with Gasteiger partial charge in [0.2, 0.25) is 10.0 Å². The standard InChI is InChI=1S/C12H18Cl2N2O5S2/c1-3-4-21-7(2)12(15,11(17)18)6-16-23(19,20)8-5-9(13)22-10(8)14/h5,7,16H,3-4,6,15H2,1-2H3,(H,17,18). The average molecular weight is 405 g/mol. The molecule has 7 nitrogen and oxygen atoms in total. The van der Waals surface area contributed by atoms with Crippen LogP contribution in [0.4, 0.5) is 0 Å². The van der Waals surface area contributed by atoms with E-state index in [1.54, 1.807) is 0 Å². The molecule has 0 amide bonds. The summed E-state index contributed by atoms with van der Waals surface area (Å²) < 4.78 is 32.1. The molecule has 0 bridgehead atoms. The topological polar surface area (TPSA) is 119 Å². The predicted octanol–water partition coefficient (Wildman–Crippen LogP) is 1.93. The van der Waals surface area contributed by atoms with Crippen molar-refractivity contribution in [2.75, 3.05) is 13.2 Å². The number of halogens is 2. The fourth-order valence-electron chi connectivity index (χ4n) is 1.64. The van der Waals surface area contributed by atoms with Crippen LogP contribution in [0.25, 0.3) is 0 Å². The number of hydrogen-bond donors (Lipinski definition) is 3. The highest BCUT2D eigenvalue weighted by molar-refractivity contribution is 7.89. The summed E-state index contributed by atoms with van der Waals surface area (Å²) in [5, 5.41) is 9.34. The number of carboxylic acid groups (broad SMARTS) is 1. The molecule has 1 heterocycles. The molecule has 4 N–H and O–H groups in total. The van der Waals surface area contributed by atoms with Gasteiger partial charge < -0.3 is 15.6 Å². The number of carboxylic acids is 1. The van der Waals surface area contributed by atoms with Gasteiger partial charge in [-0.25, -0.2) is 13.1 Å². The van der Waals surface area contributed by atoms with Crippen molar-refractivity contribution in [3.63, 3.8) is 0 Å². The van der Waals surface area contributed by atoms with Crippen molar-refractivity contribution < 1.29 is 23.1 Å². The Balaban J connectivity index is 2.94. The van der Waals surface area contributed by atoms with Crippen molar-refractivity contribution in [3.8, 4) is 0 Å². The van der Waals surface area contributed by atoms with Gasteiger partial charge in [-0.05, 0) is 19.4 Å². The van der Waals surface area contributed by atoms with E-state index in [1.165, 1.54) is 13.0 Å². The monoisotopic (exact) mass is 404 g/mol. The molecule has 0 radical (unpaired) electrons. The zero-order valence-electron chi connectivity index (χ0n) is 12.5. The number of thiophene rings is 1. The Kier molecular flexibility index (Phi) is 7.27. The van der Waals surface area contributed by atoms with Crippen molar-refractivity contribution in [2.45, 2.75) is 36.8 Å². The molecule has 0 saturated heterocycles. The molecule has 0 aromatic carbocycles. The first-order chi connectivity index (χ1) is 10.5. The van der Waals surface area contributed by atoms with Gasteiger partial charge >= 0.3 is 5.97 Å². The highest BCUT2D eigenvalue weighted by Crippen LogP contribution is 2.34. The van der Waals surface area contributed by atoms with Crippen LogP contribution in [0.1, 0.15) is 20.3 Å². The summed E-state index contributed by atoms with van der Waals surface area (Å²) in [5.41, 5.74) is 3.92. The van der Waals surface area contributed by atoms with Crippen LogP contribution in [-0.2, 0) is 19.6 Å². The predicted molar refractivity (Wildman–Crippen MR) is 89.8 cm³/mol. The molecule has 0 aliphatic heterocycles. The third-order valence-corrected chi connectivity index (χ3v) is 6.32. The highest BCUT2D eigenvalue weighted by atomic mass is 35.5. The van der Waals surface area contributed by atoms with Gasteiger partial charge in [-0.1, -0.05) is 30.1 Å². The maximum atomic E-state index is 12.2. The Morgan fingerprint density at radius 2 is 2.17 bits per heavy atom. The maximum Gasteiger partial charge on any atom is 0.327 e. The molecule has 0 spiro atoms. The highest BCUT2D eigenvalue weighted by Gasteiger charge is 2.42. The molecule has 1 aromatic heterocycles. The van der Waals surface area contributed by atoms with E-state index in [9.17, 15) is 18.3 Å². The number of carbonyl (C=O) groups is 1. The summed E-state index contributed by atoms with van der Waals surface area (Å²) in [6.45, 7) is 3.09. The fourth-order valence-corrected chi connectivity index (χ4v) is 4.87. The van der Waals surface area contributed by atoms with E-state index in [2.05, 4.69) is 4.72 Å². The van der Waals surface area contributed by atoms with Crippen molar-refractivity contribution in [1.29, 1.82) is 0 Å². The molecule has 0 aliphatic carbocycles. The Bertz CT molecular complexity index is 664. The molecule has 2 unspecified atom stereocenters. The average Bonchev–Trinajstić information content (AvgIpc) is 2.81. The molecular formula is C12H18Cl2N2O5S2. The summed E-state index contributed by atoms with van der Waals surface area (Å²) >= 11 is 12.4. The van der Waals surface area contributed by atoms with Gasteiger partial charge in [0, 0.05) is 13.2 Å². The van der Waals surface area contributed by atoms with Crippen LogP contribution in [0.2, 0.25) is 8.67 Å². The minimum Gasteiger partial charge on any atom is -0.480 e. The van der Waals surface area contributed by atoms with Gasteiger partial charge in [0.25, 0.3) is 0 Å². The van der Waals surface area contributed by atoms with E-state index in [1.807, 2.05) is 6.92 Å². The van der Waals surface area contributed by atoms with Crippen LogP contribution in [-0.4, -0.2) is 44.3 Å². The maximum absolute atomic E-state index is 12.2. The molecule has 132 valence electrons. The van der Waals surface area contributed by atoms with Crippen molar-refractivity contribution in [1.82, 2.24) is 4.72 Å². The summed E-state index contributed by atoms with van der Waals surface area (Å²) in [5.74, 6) is -1.38. The number of hydrogen-bond acceptors (Lipinski definition) is 6. The molecule has 2 atom stereocenters. The van der Waals surface area contributed by atoms with Gasteiger partial charge in [0.1, 0.15) is 9.23 Å². The minimum absolute atomic E-state index is 0.0178. The second kappa shape index (κ2) is 8.11. The van der Waals surface area contributed by atoms with Crippen LogP contribution in [0.15, 0.2) is 11.0 Å². The number of ether oxygens (including phenoxy) is 1. The van der Waals surface area contributed by atoms with Crippen molar-refractivity contribution in [2.24, 2.45) is 5.73 Å². The molecule has 23 heavy (non-hydrogen) atoms. The first-order valence-corrected chi connectivity index (χ1v) is 9.68. The van der Waals surface area contributed by atoms with Crippen molar-refractivity contribution >= 4 is 50.5 Å². The van der Waals surface area contributed by atoms with Gasteiger partial charge in [0.15, 0.2) is 5.54 Å². The summed E-state index contributed by atoms with van der Waals surface area (Å²) in [6, 6.07) is 1.19. The Morgan fingerprint density at radius 3 is 2.61 bits per heavy atom. The summed E-state index contributed by atoms with van der Waals surface area (Å²) in [4.78, 5) is 11.2. The number of sulfonamides is 1.